The molecule has 13 heavy (non-hydrogen) atoms. The van der Waals surface area contributed by atoms with Crippen LogP contribution in [0.25, 0.3) is 0 Å². The Morgan fingerprint density at radius 3 is 3.00 bits per heavy atom. The highest BCUT2D eigenvalue weighted by molar-refractivity contribution is 5.73. The molecule has 1 aliphatic rings. The van der Waals surface area contributed by atoms with Crippen molar-refractivity contribution in [3.8, 4) is 0 Å². The summed E-state index contributed by atoms with van der Waals surface area (Å²) in [5.74, 6) is -0.253. The van der Waals surface area contributed by atoms with Crippen LogP contribution in [0.4, 0.5) is 0 Å². The molecule has 1 saturated heterocycles. The molecule has 0 spiro atoms. The van der Waals surface area contributed by atoms with Crippen molar-refractivity contribution in [1.82, 2.24) is 5.32 Å². The number of carbonyl (C=O) groups is 1. The van der Waals surface area contributed by atoms with Gasteiger partial charge in [-0.3, -0.25) is 4.79 Å². The van der Waals surface area contributed by atoms with Crippen LogP contribution in [0.15, 0.2) is 0 Å². The maximum atomic E-state index is 10.4. The van der Waals surface area contributed by atoms with E-state index in [1.807, 2.05) is 0 Å². The molecule has 0 bridgehead atoms. The highest BCUT2D eigenvalue weighted by atomic mass is 16.5. The summed E-state index contributed by atoms with van der Waals surface area (Å²) < 4.78 is 5.51. The van der Waals surface area contributed by atoms with E-state index in [4.69, 9.17) is 10.5 Å². The van der Waals surface area contributed by atoms with Crippen molar-refractivity contribution >= 4 is 5.91 Å². The molecule has 0 saturated carbocycles. The molecule has 1 atom stereocenters. The van der Waals surface area contributed by atoms with E-state index in [-0.39, 0.29) is 5.91 Å². The zero-order valence-corrected chi connectivity index (χ0v) is 7.92. The molecule has 0 radical (unpaired) electrons. The number of amides is 1. The second-order valence-corrected chi connectivity index (χ2v) is 3.41. The molecule has 4 heteroatoms. The molecule has 1 fully saturated rings. The van der Waals surface area contributed by atoms with Gasteiger partial charge in [0, 0.05) is 26.1 Å². The van der Waals surface area contributed by atoms with E-state index in [2.05, 4.69) is 5.32 Å². The van der Waals surface area contributed by atoms with Crippen LogP contribution in [-0.2, 0) is 9.53 Å². The minimum Gasteiger partial charge on any atom is -0.377 e. The number of ether oxygens (including phenoxy) is 1. The summed E-state index contributed by atoms with van der Waals surface area (Å²) in [7, 11) is 0. The van der Waals surface area contributed by atoms with Gasteiger partial charge in [0.05, 0.1) is 6.10 Å². The van der Waals surface area contributed by atoms with Crippen LogP contribution < -0.4 is 11.1 Å². The number of nitrogens with one attached hydrogen (secondary N) is 1. The molecule has 1 rings (SSSR count). The predicted octanol–water partition coefficient (Wildman–Crippen LogP) is 0.0205. The molecule has 1 unspecified atom stereocenters. The van der Waals surface area contributed by atoms with Gasteiger partial charge in [-0.1, -0.05) is 0 Å². The van der Waals surface area contributed by atoms with Gasteiger partial charge in [-0.05, 0) is 19.3 Å². The molecule has 4 nitrogen and oxygen atoms in total. The zero-order chi connectivity index (χ0) is 9.52. The van der Waals surface area contributed by atoms with Crippen molar-refractivity contribution in [3.05, 3.63) is 0 Å². The van der Waals surface area contributed by atoms with Crippen LogP contribution >= 0.6 is 0 Å². The summed E-state index contributed by atoms with van der Waals surface area (Å²) in [5.41, 5.74) is 5.00. The maximum absolute atomic E-state index is 10.4. The fourth-order valence-electron chi connectivity index (χ4n) is 1.44. The second kappa shape index (κ2) is 5.94. The Hall–Kier alpha value is -0.610. The largest absolute Gasteiger partial charge is 0.377 e. The van der Waals surface area contributed by atoms with Gasteiger partial charge in [-0.2, -0.15) is 0 Å². The van der Waals surface area contributed by atoms with Gasteiger partial charge < -0.3 is 15.8 Å². The molecule has 0 aliphatic carbocycles. The van der Waals surface area contributed by atoms with Crippen LogP contribution in [0.5, 0.6) is 0 Å². The summed E-state index contributed by atoms with van der Waals surface area (Å²) in [6, 6.07) is 0. The van der Waals surface area contributed by atoms with Crippen LogP contribution in [0, 0.1) is 0 Å². The lowest BCUT2D eigenvalue weighted by molar-refractivity contribution is -0.117. The average Bonchev–Trinajstić information content (AvgIpc) is 2.14. The smallest absolute Gasteiger partial charge is 0.218 e. The van der Waals surface area contributed by atoms with Gasteiger partial charge in [0.2, 0.25) is 5.91 Å². The van der Waals surface area contributed by atoms with Crippen molar-refractivity contribution in [2.24, 2.45) is 5.73 Å². The number of hydrogen-bond donors (Lipinski definition) is 2. The quantitative estimate of drug-likeness (QED) is 0.595. The van der Waals surface area contributed by atoms with Crippen LogP contribution in [0.1, 0.15) is 25.7 Å². The predicted molar refractivity (Wildman–Crippen MR) is 50.3 cm³/mol. The zero-order valence-electron chi connectivity index (χ0n) is 7.92. The maximum Gasteiger partial charge on any atom is 0.218 e. The first-order valence-corrected chi connectivity index (χ1v) is 4.89. The van der Waals surface area contributed by atoms with Crippen LogP contribution in [0.2, 0.25) is 0 Å². The van der Waals surface area contributed by atoms with Gasteiger partial charge in [0.1, 0.15) is 0 Å². The van der Waals surface area contributed by atoms with E-state index in [0.29, 0.717) is 19.1 Å². The molecule has 3 N–H and O–H groups in total. The number of carbonyl (C=O) groups excluding carboxylic acids is 1. The van der Waals surface area contributed by atoms with E-state index in [9.17, 15) is 4.79 Å². The molecule has 76 valence electrons. The summed E-state index contributed by atoms with van der Waals surface area (Å²) in [5, 5.41) is 3.16. The summed E-state index contributed by atoms with van der Waals surface area (Å²) in [4.78, 5) is 10.4. The second-order valence-electron chi connectivity index (χ2n) is 3.41. The topological polar surface area (TPSA) is 64.4 Å². The Morgan fingerprint density at radius 1 is 1.54 bits per heavy atom. The number of nitrogens with two attached hydrogens (primary N) is 1. The van der Waals surface area contributed by atoms with Crippen molar-refractivity contribution in [3.63, 3.8) is 0 Å². The van der Waals surface area contributed by atoms with Gasteiger partial charge >= 0.3 is 0 Å². The highest BCUT2D eigenvalue weighted by Gasteiger charge is 2.12. The molecular weight excluding hydrogens is 168 g/mol. The van der Waals surface area contributed by atoms with Crippen molar-refractivity contribution in [2.45, 2.75) is 31.8 Å². The Morgan fingerprint density at radius 2 is 2.38 bits per heavy atom. The Labute approximate surface area is 78.8 Å². The summed E-state index contributed by atoms with van der Waals surface area (Å²) in [6.07, 6.45) is 4.30. The van der Waals surface area contributed by atoms with Gasteiger partial charge in [0.15, 0.2) is 0 Å². The Bertz CT molecular complexity index is 156. The monoisotopic (exact) mass is 186 g/mol. The van der Waals surface area contributed by atoms with Crippen molar-refractivity contribution in [1.29, 1.82) is 0 Å². The highest BCUT2D eigenvalue weighted by Crippen LogP contribution is 2.11. The molecule has 1 aliphatic heterocycles. The SMILES string of the molecule is NC(=O)CCNCC1CCCCO1. The van der Waals surface area contributed by atoms with Gasteiger partial charge in [-0.15, -0.1) is 0 Å². The Balaban J connectivity index is 1.95. The van der Waals surface area contributed by atoms with E-state index < -0.39 is 0 Å². The molecule has 0 aromatic heterocycles. The number of hydrogen-bond acceptors (Lipinski definition) is 3. The third-order valence-electron chi connectivity index (χ3n) is 2.19. The fourth-order valence-corrected chi connectivity index (χ4v) is 1.44. The lowest BCUT2D eigenvalue weighted by atomic mass is 10.1. The van der Waals surface area contributed by atoms with Crippen molar-refractivity contribution < 1.29 is 9.53 Å². The average molecular weight is 186 g/mol. The fraction of sp³-hybridized carbons (Fsp3) is 0.889. The van der Waals surface area contributed by atoms with E-state index in [0.717, 1.165) is 19.6 Å². The first-order chi connectivity index (χ1) is 6.29. The van der Waals surface area contributed by atoms with Gasteiger partial charge in [0.25, 0.3) is 0 Å². The van der Waals surface area contributed by atoms with E-state index >= 15 is 0 Å². The van der Waals surface area contributed by atoms with Crippen LogP contribution in [-0.4, -0.2) is 31.7 Å². The molecular formula is C9H18N2O2. The summed E-state index contributed by atoms with van der Waals surface area (Å²) >= 11 is 0. The molecule has 0 aromatic carbocycles. The Kier molecular flexibility index (Phi) is 4.78. The standard InChI is InChI=1S/C9H18N2O2/c10-9(12)4-5-11-7-8-3-1-2-6-13-8/h8,11H,1-7H2,(H2,10,12). The third kappa shape index (κ3) is 4.85. The van der Waals surface area contributed by atoms with Gasteiger partial charge in [-0.25, -0.2) is 0 Å². The lowest BCUT2D eigenvalue weighted by Crippen LogP contribution is -2.33. The lowest BCUT2D eigenvalue weighted by Gasteiger charge is -2.22. The first-order valence-electron chi connectivity index (χ1n) is 4.89. The van der Waals surface area contributed by atoms with E-state index in [1.54, 1.807) is 0 Å². The minimum absolute atomic E-state index is 0.253. The minimum atomic E-state index is -0.253. The van der Waals surface area contributed by atoms with E-state index in [1.165, 1.54) is 12.8 Å². The molecule has 0 aromatic rings. The molecule has 1 amide bonds. The van der Waals surface area contributed by atoms with Crippen molar-refractivity contribution in [2.75, 3.05) is 19.7 Å². The normalized spacial score (nSPS) is 22.9. The first kappa shape index (κ1) is 10.5. The third-order valence-corrected chi connectivity index (χ3v) is 2.19. The summed E-state index contributed by atoms with van der Waals surface area (Å²) in [6.45, 7) is 2.38. The van der Waals surface area contributed by atoms with Crippen LogP contribution in [0.3, 0.4) is 0 Å². The number of rotatable bonds is 5. The molecule has 1 heterocycles. The number of primary amides is 1.